The number of hydrogen-bond acceptors (Lipinski definition) is 4. The van der Waals surface area contributed by atoms with Gasteiger partial charge in [0.05, 0.1) is 13.2 Å². The average Bonchev–Trinajstić information content (AvgIpc) is 2.27. The maximum absolute atomic E-state index is 5.34. The van der Waals surface area contributed by atoms with Crippen molar-refractivity contribution < 1.29 is 14.3 Å². The van der Waals surface area contributed by atoms with E-state index < -0.39 is 0 Å². The lowest BCUT2D eigenvalue weighted by atomic mass is 10.0. The van der Waals surface area contributed by atoms with Gasteiger partial charge in [0.1, 0.15) is 6.10 Å². The van der Waals surface area contributed by atoms with Gasteiger partial charge in [-0.25, -0.2) is 5.90 Å². The molecule has 0 fully saturated rings. The first-order valence-corrected chi connectivity index (χ1v) is 4.74. The summed E-state index contributed by atoms with van der Waals surface area (Å²) >= 11 is 0. The zero-order valence-corrected chi connectivity index (χ0v) is 9.10. The molecule has 1 unspecified atom stereocenters. The van der Waals surface area contributed by atoms with E-state index in [1.807, 2.05) is 24.3 Å². The first-order valence-electron chi connectivity index (χ1n) is 4.74. The molecule has 1 aromatic carbocycles. The molecule has 15 heavy (non-hydrogen) atoms. The van der Waals surface area contributed by atoms with Gasteiger partial charge < -0.3 is 9.47 Å². The Bertz CT molecular complexity index is 291. The van der Waals surface area contributed by atoms with Crippen LogP contribution in [0.3, 0.4) is 0 Å². The molecule has 0 heterocycles. The maximum atomic E-state index is 5.34. The summed E-state index contributed by atoms with van der Waals surface area (Å²) in [5.41, 5.74) is 2.07. The van der Waals surface area contributed by atoms with E-state index in [9.17, 15) is 0 Å². The fourth-order valence-corrected chi connectivity index (χ4v) is 1.51. The molecule has 84 valence electrons. The molecule has 4 heteroatoms. The monoisotopic (exact) mass is 211 g/mol. The van der Waals surface area contributed by atoms with Gasteiger partial charge in [0.15, 0.2) is 0 Å². The highest BCUT2D eigenvalue weighted by Crippen LogP contribution is 2.21. The Morgan fingerprint density at radius 2 is 2.00 bits per heavy atom. The highest BCUT2D eigenvalue weighted by Gasteiger charge is 2.13. The summed E-state index contributed by atoms with van der Waals surface area (Å²) in [7, 11) is 3.30. The number of methoxy groups -OCH3 is 2. The van der Waals surface area contributed by atoms with E-state index in [0.717, 1.165) is 11.1 Å². The van der Waals surface area contributed by atoms with E-state index in [4.69, 9.17) is 15.4 Å². The summed E-state index contributed by atoms with van der Waals surface area (Å²) in [6.45, 7) is 0.887. The first kappa shape index (κ1) is 12.1. The molecule has 0 saturated heterocycles. The second kappa shape index (κ2) is 6.53. The maximum Gasteiger partial charge on any atom is 0.106 e. The van der Waals surface area contributed by atoms with Gasteiger partial charge in [0, 0.05) is 14.2 Å². The Labute approximate surface area is 89.9 Å². The van der Waals surface area contributed by atoms with Gasteiger partial charge in [0.2, 0.25) is 0 Å². The van der Waals surface area contributed by atoms with Crippen LogP contribution >= 0.6 is 0 Å². The summed E-state index contributed by atoms with van der Waals surface area (Å²) < 4.78 is 10.4. The molecule has 0 aliphatic carbocycles. The Hall–Kier alpha value is -0.940. The van der Waals surface area contributed by atoms with Crippen molar-refractivity contribution in [3.63, 3.8) is 0 Å². The summed E-state index contributed by atoms with van der Waals surface area (Å²) in [5, 5.41) is 0. The third-order valence-electron chi connectivity index (χ3n) is 2.24. The Morgan fingerprint density at radius 1 is 1.27 bits per heavy atom. The van der Waals surface area contributed by atoms with Crippen LogP contribution < -0.4 is 5.90 Å². The van der Waals surface area contributed by atoms with Gasteiger partial charge >= 0.3 is 0 Å². The highest BCUT2D eigenvalue weighted by molar-refractivity contribution is 5.28. The summed E-state index contributed by atoms with van der Waals surface area (Å²) in [4.78, 5) is 4.64. The molecule has 1 rings (SSSR count). The SMILES string of the molecule is COCC(OC)c1ccccc1CON. The van der Waals surface area contributed by atoms with Crippen molar-refractivity contribution in [1.29, 1.82) is 0 Å². The largest absolute Gasteiger partial charge is 0.382 e. The van der Waals surface area contributed by atoms with Crippen LogP contribution in [0.2, 0.25) is 0 Å². The standard InChI is InChI=1S/C11H17NO3/c1-13-8-11(14-2)10-6-4-3-5-9(10)7-15-12/h3-6,11H,7-8,12H2,1-2H3. The van der Waals surface area contributed by atoms with Crippen LogP contribution in [0.5, 0.6) is 0 Å². The smallest absolute Gasteiger partial charge is 0.106 e. The van der Waals surface area contributed by atoms with E-state index >= 15 is 0 Å². The van der Waals surface area contributed by atoms with Crippen molar-refractivity contribution in [1.82, 2.24) is 0 Å². The van der Waals surface area contributed by atoms with Crippen LogP contribution in [0.4, 0.5) is 0 Å². The van der Waals surface area contributed by atoms with Gasteiger partial charge in [-0.3, -0.25) is 4.84 Å². The number of benzene rings is 1. The predicted molar refractivity (Wildman–Crippen MR) is 57.0 cm³/mol. The molecule has 0 spiro atoms. The normalized spacial score (nSPS) is 12.7. The Kier molecular flexibility index (Phi) is 5.28. The predicted octanol–water partition coefficient (Wildman–Crippen LogP) is 1.41. The van der Waals surface area contributed by atoms with E-state index in [1.54, 1.807) is 14.2 Å². The topological polar surface area (TPSA) is 53.7 Å². The lowest BCUT2D eigenvalue weighted by Crippen LogP contribution is -2.12. The summed E-state index contributed by atoms with van der Waals surface area (Å²) in [6.07, 6.45) is -0.0821. The second-order valence-electron chi connectivity index (χ2n) is 3.19. The minimum atomic E-state index is -0.0821. The molecule has 1 atom stereocenters. The van der Waals surface area contributed by atoms with E-state index in [0.29, 0.717) is 13.2 Å². The van der Waals surface area contributed by atoms with Crippen molar-refractivity contribution in [3.8, 4) is 0 Å². The fourth-order valence-electron chi connectivity index (χ4n) is 1.51. The van der Waals surface area contributed by atoms with Crippen molar-refractivity contribution in [2.45, 2.75) is 12.7 Å². The zero-order valence-electron chi connectivity index (χ0n) is 9.10. The van der Waals surface area contributed by atoms with Crippen LogP contribution in [0.25, 0.3) is 0 Å². The van der Waals surface area contributed by atoms with Crippen molar-refractivity contribution in [3.05, 3.63) is 35.4 Å². The Balaban J connectivity index is 2.88. The van der Waals surface area contributed by atoms with Gasteiger partial charge in [-0.15, -0.1) is 0 Å². The molecule has 0 radical (unpaired) electrons. The molecule has 1 aromatic rings. The first-order chi connectivity index (χ1) is 7.33. The van der Waals surface area contributed by atoms with E-state index in [-0.39, 0.29) is 6.10 Å². The third-order valence-corrected chi connectivity index (χ3v) is 2.24. The number of hydrogen-bond donors (Lipinski definition) is 1. The molecular formula is C11H17NO3. The van der Waals surface area contributed by atoms with Crippen LogP contribution in [-0.2, 0) is 20.9 Å². The lowest BCUT2D eigenvalue weighted by molar-refractivity contribution is 0.0253. The highest BCUT2D eigenvalue weighted by atomic mass is 16.6. The average molecular weight is 211 g/mol. The molecular weight excluding hydrogens is 194 g/mol. The van der Waals surface area contributed by atoms with Crippen molar-refractivity contribution >= 4 is 0 Å². The molecule has 0 bridgehead atoms. The van der Waals surface area contributed by atoms with Crippen LogP contribution in [0, 0.1) is 0 Å². The van der Waals surface area contributed by atoms with Crippen LogP contribution in [0.1, 0.15) is 17.2 Å². The zero-order chi connectivity index (χ0) is 11.1. The fraction of sp³-hybridized carbons (Fsp3) is 0.455. The second-order valence-corrected chi connectivity index (χ2v) is 3.19. The minimum Gasteiger partial charge on any atom is -0.382 e. The molecule has 0 aromatic heterocycles. The van der Waals surface area contributed by atoms with Crippen molar-refractivity contribution in [2.24, 2.45) is 5.90 Å². The van der Waals surface area contributed by atoms with Gasteiger partial charge in [-0.05, 0) is 11.1 Å². The quantitative estimate of drug-likeness (QED) is 0.723. The molecule has 0 amide bonds. The molecule has 2 N–H and O–H groups in total. The molecule has 0 aliphatic heterocycles. The minimum absolute atomic E-state index is 0.0821. The van der Waals surface area contributed by atoms with Gasteiger partial charge in [0.25, 0.3) is 0 Å². The van der Waals surface area contributed by atoms with E-state index in [2.05, 4.69) is 4.84 Å². The third kappa shape index (κ3) is 3.28. The Morgan fingerprint density at radius 3 is 2.60 bits per heavy atom. The molecule has 4 nitrogen and oxygen atoms in total. The molecule has 0 aliphatic rings. The number of nitrogens with two attached hydrogens (primary N) is 1. The van der Waals surface area contributed by atoms with E-state index in [1.165, 1.54) is 0 Å². The lowest BCUT2D eigenvalue weighted by Gasteiger charge is -2.17. The number of rotatable bonds is 6. The molecule has 0 saturated carbocycles. The van der Waals surface area contributed by atoms with Crippen molar-refractivity contribution in [2.75, 3.05) is 20.8 Å². The summed E-state index contributed by atoms with van der Waals surface area (Å²) in [6, 6.07) is 7.85. The van der Waals surface area contributed by atoms with Crippen LogP contribution in [-0.4, -0.2) is 20.8 Å². The van der Waals surface area contributed by atoms with Crippen LogP contribution in [0.15, 0.2) is 24.3 Å². The number of ether oxygens (including phenoxy) is 2. The summed E-state index contributed by atoms with van der Waals surface area (Å²) in [5.74, 6) is 5.07. The van der Waals surface area contributed by atoms with Gasteiger partial charge in [-0.1, -0.05) is 24.3 Å². The van der Waals surface area contributed by atoms with Gasteiger partial charge in [-0.2, -0.15) is 0 Å².